The van der Waals surface area contributed by atoms with Crippen LogP contribution >= 0.6 is 0 Å². The lowest BCUT2D eigenvalue weighted by molar-refractivity contribution is 0.332. The summed E-state index contributed by atoms with van der Waals surface area (Å²) in [7, 11) is 0. The Kier molecular flexibility index (Phi) is 8.94. The zero-order chi connectivity index (χ0) is 43.9. The summed E-state index contributed by atoms with van der Waals surface area (Å²) in [4.78, 5) is 2.44. The number of fused-ring (bicyclic) bond motifs is 7. The highest BCUT2D eigenvalue weighted by Gasteiger charge is 2.47. The molecule has 0 spiro atoms. The molecule has 0 aliphatic heterocycles. The first-order valence-corrected chi connectivity index (χ1v) is 23.1. The van der Waals surface area contributed by atoms with Crippen molar-refractivity contribution in [2.45, 2.75) is 56.8 Å². The van der Waals surface area contributed by atoms with Crippen LogP contribution in [-0.4, -0.2) is 0 Å². The summed E-state index contributed by atoms with van der Waals surface area (Å²) >= 11 is 0. The topological polar surface area (TPSA) is 16.4 Å². The zero-order valence-corrected chi connectivity index (χ0v) is 37.5. The molecule has 2 aliphatic carbocycles. The predicted molar refractivity (Wildman–Crippen MR) is 272 cm³/mol. The highest BCUT2D eigenvalue weighted by atomic mass is 16.3. The Bertz CT molecular complexity index is 3370. The van der Waals surface area contributed by atoms with Gasteiger partial charge in [0, 0.05) is 22.0 Å². The maximum absolute atomic E-state index is 6.87. The molecule has 2 aliphatic rings. The Morgan fingerprint density at radius 2 is 0.969 bits per heavy atom. The van der Waals surface area contributed by atoms with Gasteiger partial charge in [0.25, 0.3) is 0 Å². The van der Waals surface area contributed by atoms with Gasteiger partial charge in [-0.1, -0.05) is 204 Å². The molecule has 0 fully saturated rings. The number of benzene rings is 9. The number of hydrogen-bond donors (Lipinski definition) is 0. The molecule has 0 saturated heterocycles. The molecule has 9 aromatic carbocycles. The first kappa shape index (κ1) is 39.2. The van der Waals surface area contributed by atoms with Gasteiger partial charge < -0.3 is 9.32 Å². The fourth-order valence-electron chi connectivity index (χ4n) is 11.4. The molecule has 2 nitrogen and oxygen atoms in total. The fourth-order valence-corrected chi connectivity index (χ4v) is 11.4. The van der Waals surface area contributed by atoms with Gasteiger partial charge in [0.05, 0.1) is 16.8 Å². The predicted octanol–water partition coefficient (Wildman–Crippen LogP) is 17.1. The molecule has 0 N–H and O–H groups in total. The third-order valence-corrected chi connectivity index (χ3v) is 14.8. The first-order valence-electron chi connectivity index (χ1n) is 23.1. The minimum Gasteiger partial charge on any atom is -0.454 e. The number of furan rings is 1. The second-order valence-corrected chi connectivity index (χ2v) is 19.5. The third kappa shape index (κ3) is 6.07. The maximum atomic E-state index is 6.87. The van der Waals surface area contributed by atoms with Gasteiger partial charge in [0.2, 0.25) is 0 Å². The van der Waals surface area contributed by atoms with E-state index in [2.05, 4.69) is 245 Å². The molecule has 0 atom stereocenters. The van der Waals surface area contributed by atoms with Gasteiger partial charge in [-0.25, -0.2) is 0 Å². The van der Waals surface area contributed by atoms with Gasteiger partial charge >= 0.3 is 0 Å². The number of hydrogen-bond acceptors (Lipinski definition) is 2. The van der Waals surface area contributed by atoms with Gasteiger partial charge in [0.1, 0.15) is 5.58 Å². The van der Waals surface area contributed by atoms with Crippen LogP contribution in [0, 0.1) is 0 Å². The highest BCUT2D eigenvalue weighted by Crippen LogP contribution is 2.59. The smallest absolute Gasteiger partial charge is 0.159 e. The van der Waals surface area contributed by atoms with Crippen LogP contribution in [0.3, 0.4) is 0 Å². The largest absolute Gasteiger partial charge is 0.454 e. The van der Waals surface area contributed by atoms with Gasteiger partial charge in [0.15, 0.2) is 5.58 Å². The molecular formula is C63H51NO. The standard InChI is InChI=1S/C63H51NO/c1-61(2)37-38-62(3,4)56-39-44(35-36-54(56)61)42-31-33-43(34-32-42)51-40-52-48-25-14-16-28-53(48)63(45-19-8-5-9-20-45,46-21-10-6-11-22-46)55(52)41-58(51)64(47-23-12-7-13-24-47)57-29-18-27-50-49-26-15-17-30-59(49)65-60(50)57/h5-36,39-41H,37-38H2,1-4H3. The summed E-state index contributed by atoms with van der Waals surface area (Å²) in [5.41, 5.74) is 19.9. The Labute approximate surface area is 382 Å². The summed E-state index contributed by atoms with van der Waals surface area (Å²) in [5, 5.41) is 2.21. The summed E-state index contributed by atoms with van der Waals surface area (Å²) in [6.45, 7) is 9.63. The van der Waals surface area contributed by atoms with Crippen molar-refractivity contribution >= 4 is 39.0 Å². The van der Waals surface area contributed by atoms with E-state index in [-0.39, 0.29) is 10.8 Å². The summed E-state index contributed by atoms with van der Waals surface area (Å²) in [5.74, 6) is 0. The van der Waals surface area contributed by atoms with E-state index in [1.165, 1.54) is 68.5 Å². The van der Waals surface area contributed by atoms with E-state index in [4.69, 9.17) is 4.42 Å². The molecule has 314 valence electrons. The molecule has 0 amide bonds. The zero-order valence-electron chi connectivity index (χ0n) is 37.5. The summed E-state index contributed by atoms with van der Waals surface area (Å²) < 4.78 is 6.87. The molecule has 12 rings (SSSR count). The van der Waals surface area contributed by atoms with E-state index < -0.39 is 5.41 Å². The van der Waals surface area contributed by atoms with Gasteiger partial charge in [-0.15, -0.1) is 0 Å². The molecule has 1 heterocycles. The molecule has 0 bridgehead atoms. The quantitative estimate of drug-likeness (QED) is 0.159. The van der Waals surface area contributed by atoms with E-state index in [0.29, 0.717) is 0 Å². The second-order valence-electron chi connectivity index (χ2n) is 19.5. The van der Waals surface area contributed by atoms with Crippen LogP contribution in [0.2, 0.25) is 0 Å². The van der Waals surface area contributed by atoms with Gasteiger partial charge in [-0.05, 0) is 121 Å². The van der Waals surface area contributed by atoms with E-state index >= 15 is 0 Å². The van der Waals surface area contributed by atoms with Crippen LogP contribution in [0.25, 0.3) is 55.3 Å². The van der Waals surface area contributed by atoms with Gasteiger partial charge in [-0.2, -0.15) is 0 Å². The molecule has 1 aromatic heterocycles. The average Bonchev–Trinajstić information content (AvgIpc) is 3.88. The average molecular weight is 838 g/mol. The van der Waals surface area contributed by atoms with Crippen LogP contribution in [-0.2, 0) is 16.2 Å². The summed E-state index contributed by atoms with van der Waals surface area (Å²) in [6, 6.07) is 78.5. The van der Waals surface area contributed by atoms with Crippen molar-refractivity contribution in [3.8, 4) is 33.4 Å². The van der Waals surface area contributed by atoms with Crippen molar-refractivity contribution in [1.82, 2.24) is 0 Å². The van der Waals surface area contributed by atoms with Crippen LogP contribution in [0.15, 0.2) is 217 Å². The first-order chi connectivity index (χ1) is 31.7. The minimum absolute atomic E-state index is 0.134. The number of nitrogens with zero attached hydrogens (tertiary/aromatic N) is 1. The summed E-state index contributed by atoms with van der Waals surface area (Å²) in [6.07, 6.45) is 2.40. The maximum Gasteiger partial charge on any atom is 0.159 e. The molecule has 2 heteroatoms. The number of rotatable bonds is 7. The fraction of sp³-hybridized carbons (Fsp3) is 0.143. The Morgan fingerprint density at radius 3 is 1.69 bits per heavy atom. The van der Waals surface area contributed by atoms with Crippen molar-refractivity contribution in [3.05, 3.63) is 246 Å². The lowest BCUT2D eigenvalue weighted by Crippen LogP contribution is -2.33. The van der Waals surface area contributed by atoms with E-state index in [1.54, 1.807) is 0 Å². The van der Waals surface area contributed by atoms with Crippen LogP contribution < -0.4 is 4.90 Å². The Morgan fingerprint density at radius 1 is 0.385 bits per heavy atom. The number of anilines is 3. The minimum atomic E-state index is -0.575. The number of para-hydroxylation sites is 3. The molecular weight excluding hydrogens is 787 g/mol. The molecule has 0 unspecified atom stereocenters. The lowest BCUT2D eigenvalue weighted by atomic mass is 9.63. The monoisotopic (exact) mass is 837 g/mol. The van der Waals surface area contributed by atoms with Crippen molar-refractivity contribution < 1.29 is 4.42 Å². The Hall–Kier alpha value is -7.42. The molecule has 0 radical (unpaired) electrons. The lowest BCUT2D eigenvalue weighted by Gasteiger charge is -2.42. The van der Waals surface area contributed by atoms with E-state index in [9.17, 15) is 0 Å². The van der Waals surface area contributed by atoms with E-state index in [0.717, 1.165) is 50.1 Å². The molecule has 0 saturated carbocycles. The molecule has 10 aromatic rings. The van der Waals surface area contributed by atoms with Crippen molar-refractivity contribution in [2.24, 2.45) is 0 Å². The van der Waals surface area contributed by atoms with Crippen LogP contribution in [0.1, 0.15) is 73.9 Å². The van der Waals surface area contributed by atoms with Crippen LogP contribution in [0.5, 0.6) is 0 Å². The van der Waals surface area contributed by atoms with Crippen LogP contribution in [0.4, 0.5) is 17.1 Å². The third-order valence-electron chi connectivity index (χ3n) is 14.8. The Balaban J connectivity index is 1.14. The second kappa shape index (κ2) is 14.8. The highest BCUT2D eigenvalue weighted by molar-refractivity contribution is 6.11. The van der Waals surface area contributed by atoms with Crippen molar-refractivity contribution in [1.29, 1.82) is 0 Å². The van der Waals surface area contributed by atoms with Crippen molar-refractivity contribution in [3.63, 3.8) is 0 Å². The van der Waals surface area contributed by atoms with Gasteiger partial charge in [-0.3, -0.25) is 0 Å². The van der Waals surface area contributed by atoms with Crippen molar-refractivity contribution in [2.75, 3.05) is 4.90 Å². The molecule has 65 heavy (non-hydrogen) atoms. The normalized spacial score (nSPS) is 15.3. The van der Waals surface area contributed by atoms with E-state index in [1.807, 2.05) is 0 Å². The SMILES string of the molecule is CC1(C)CCC(C)(C)c2cc(-c3ccc(-c4cc5c(cc4N(c4ccccc4)c4cccc6c4oc4ccccc46)C(c4ccccc4)(c4ccccc4)c4ccccc4-5)cc3)ccc21.